The number of rotatable bonds is 4. The highest BCUT2D eigenvalue weighted by molar-refractivity contribution is 7.13. The van der Waals surface area contributed by atoms with Crippen molar-refractivity contribution in [2.45, 2.75) is 26.3 Å². The molecular weight excluding hydrogens is 272 g/mol. The molecule has 0 bridgehead atoms. The van der Waals surface area contributed by atoms with Gasteiger partial charge in [0.25, 0.3) is 5.91 Å². The Balaban J connectivity index is 2.14. The van der Waals surface area contributed by atoms with Crippen LogP contribution in [-0.2, 0) is 0 Å². The van der Waals surface area contributed by atoms with Crippen molar-refractivity contribution in [3.05, 3.63) is 40.9 Å². The van der Waals surface area contributed by atoms with Gasteiger partial charge in [0.15, 0.2) is 0 Å². The average molecular weight is 290 g/mol. The molecule has 5 heteroatoms. The summed E-state index contributed by atoms with van der Waals surface area (Å²) in [6.45, 7) is 5.41. The number of aliphatic hydroxyl groups excluding tert-OH is 1. The molecule has 0 saturated carbocycles. The van der Waals surface area contributed by atoms with E-state index in [-0.39, 0.29) is 12.5 Å². The van der Waals surface area contributed by atoms with Gasteiger partial charge in [-0.25, -0.2) is 4.98 Å². The highest BCUT2D eigenvalue weighted by Crippen LogP contribution is 2.23. The van der Waals surface area contributed by atoms with Gasteiger partial charge >= 0.3 is 0 Å². The summed E-state index contributed by atoms with van der Waals surface area (Å²) in [5, 5.41) is 14.9. The molecule has 1 aromatic carbocycles. The molecule has 0 spiro atoms. The normalized spacial score (nSPS) is 11.4. The Labute approximate surface area is 122 Å². The van der Waals surface area contributed by atoms with Gasteiger partial charge in [0.2, 0.25) is 0 Å². The summed E-state index contributed by atoms with van der Waals surface area (Å²) < 4.78 is 0. The molecule has 0 atom stereocenters. The molecule has 2 rings (SSSR count). The number of carbonyl (C=O) groups is 1. The van der Waals surface area contributed by atoms with Gasteiger partial charge < -0.3 is 10.4 Å². The molecule has 0 saturated heterocycles. The zero-order chi connectivity index (χ0) is 14.8. The molecule has 0 aliphatic heterocycles. The first kappa shape index (κ1) is 14.7. The maximum Gasteiger partial charge on any atom is 0.251 e. The zero-order valence-electron chi connectivity index (χ0n) is 11.8. The van der Waals surface area contributed by atoms with Crippen LogP contribution in [0.15, 0.2) is 29.6 Å². The lowest BCUT2D eigenvalue weighted by molar-refractivity contribution is 0.0869. The average Bonchev–Trinajstić information content (AvgIpc) is 2.85. The van der Waals surface area contributed by atoms with E-state index in [9.17, 15) is 4.79 Å². The molecule has 2 aromatic rings. The Bertz CT molecular complexity index is 603. The summed E-state index contributed by atoms with van der Waals surface area (Å²) in [6, 6.07) is 7.32. The van der Waals surface area contributed by atoms with E-state index in [4.69, 9.17) is 5.11 Å². The molecule has 20 heavy (non-hydrogen) atoms. The third-order valence-corrected chi connectivity index (χ3v) is 3.87. The first-order chi connectivity index (χ1) is 9.41. The number of carbonyl (C=O) groups excluding carboxylic acids is 1. The largest absolute Gasteiger partial charge is 0.394 e. The lowest BCUT2D eigenvalue weighted by atomic mass is 10.1. The predicted molar refractivity (Wildman–Crippen MR) is 80.9 cm³/mol. The van der Waals surface area contributed by atoms with Gasteiger partial charge in [-0.05, 0) is 32.9 Å². The Kier molecular flexibility index (Phi) is 4.20. The Morgan fingerprint density at radius 2 is 2.00 bits per heavy atom. The number of nitrogens with zero attached hydrogens (tertiary/aromatic N) is 1. The maximum absolute atomic E-state index is 12.0. The zero-order valence-corrected chi connectivity index (χ0v) is 12.6. The minimum atomic E-state index is -0.623. The van der Waals surface area contributed by atoms with Crippen LogP contribution in [0.2, 0.25) is 0 Å². The van der Waals surface area contributed by atoms with E-state index >= 15 is 0 Å². The molecule has 0 radical (unpaired) electrons. The molecule has 1 aromatic heterocycles. The van der Waals surface area contributed by atoms with Gasteiger partial charge in [0.1, 0.15) is 5.01 Å². The number of amides is 1. The quantitative estimate of drug-likeness (QED) is 0.910. The van der Waals surface area contributed by atoms with Gasteiger partial charge in [0.05, 0.1) is 12.1 Å². The van der Waals surface area contributed by atoms with E-state index < -0.39 is 5.54 Å². The highest BCUT2D eigenvalue weighted by Gasteiger charge is 2.19. The fourth-order valence-electron chi connectivity index (χ4n) is 1.67. The third kappa shape index (κ3) is 3.43. The number of aryl methyl sites for hydroxylation is 1. The van der Waals surface area contributed by atoms with Gasteiger partial charge in [-0.2, -0.15) is 0 Å². The van der Waals surface area contributed by atoms with Crippen LogP contribution in [0.5, 0.6) is 0 Å². The summed E-state index contributed by atoms with van der Waals surface area (Å²) in [5.74, 6) is -0.189. The van der Waals surface area contributed by atoms with Crippen LogP contribution in [0.4, 0.5) is 0 Å². The van der Waals surface area contributed by atoms with Gasteiger partial charge in [-0.15, -0.1) is 11.3 Å². The fraction of sp³-hybridized carbons (Fsp3) is 0.333. The SMILES string of the molecule is Cc1csc(-c2ccc(C(=O)NC(C)(C)CO)cc2)n1. The summed E-state index contributed by atoms with van der Waals surface area (Å²) in [7, 11) is 0. The topological polar surface area (TPSA) is 62.2 Å². The molecule has 2 N–H and O–H groups in total. The van der Waals surface area contributed by atoms with Crippen molar-refractivity contribution < 1.29 is 9.90 Å². The van der Waals surface area contributed by atoms with E-state index in [2.05, 4.69) is 10.3 Å². The lowest BCUT2D eigenvalue weighted by Gasteiger charge is -2.23. The van der Waals surface area contributed by atoms with E-state index in [1.54, 1.807) is 37.3 Å². The molecule has 1 amide bonds. The van der Waals surface area contributed by atoms with Crippen molar-refractivity contribution >= 4 is 17.2 Å². The van der Waals surface area contributed by atoms with E-state index in [0.29, 0.717) is 5.56 Å². The van der Waals surface area contributed by atoms with Crippen LogP contribution in [0.3, 0.4) is 0 Å². The first-order valence-corrected chi connectivity index (χ1v) is 7.25. The predicted octanol–water partition coefficient (Wildman–Crippen LogP) is 2.62. The molecule has 1 heterocycles. The second-order valence-corrected chi connectivity index (χ2v) is 6.23. The van der Waals surface area contributed by atoms with Crippen molar-refractivity contribution in [2.24, 2.45) is 0 Å². The number of nitrogens with one attached hydrogen (secondary N) is 1. The van der Waals surface area contributed by atoms with Crippen LogP contribution < -0.4 is 5.32 Å². The first-order valence-electron chi connectivity index (χ1n) is 6.37. The van der Waals surface area contributed by atoms with Gasteiger partial charge in [-0.3, -0.25) is 4.79 Å². The van der Waals surface area contributed by atoms with Crippen LogP contribution >= 0.6 is 11.3 Å². The van der Waals surface area contributed by atoms with E-state index in [1.165, 1.54) is 0 Å². The van der Waals surface area contributed by atoms with Gasteiger partial charge in [-0.1, -0.05) is 12.1 Å². The van der Waals surface area contributed by atoms with Crippen molar-refractivity contribution in [3.8, 4) is 10.6 Å². The number of aliphatic hydroxyl groups is 1. The summed E-state index contributed by atoms with van der Waals surface area (Å²) in [6.07, 6.45) is 0. The third-order valence-electron chi connectivity index (χ3n) is 2.86. The molecule has 4 nitrogen and oxygen atoms in total. The van der Waals surface area contributed by atoms with Crippen molar-refractivity contribution in [1.82, 2.24) is 10.3 Å². The lowest BCUT2D eigenvalue weighted by Crippen LogP contribution is -2.46. The van der Waals surface area contributed by atoms with Crippen LogP contribution in [0.1, 0.15) is 29.9 Å². The minimum absolute atomic E-state index is 0.102. The van der Waals surface area contributed by atoms with Crippen LogP contribution in [0.25, 0.3) is 10.6 Å². The fourth-order valence-corrected chi connectivity index (χ4v) is 2.47. The Morgan fingerprint density at radius 3 is 2.50 bits per heavy atom. The minimum Gasteiger partial charge on any atom is -0.394 e. The number of hydrogen-bond acceptors (Lipinski definition) is 4. The standard InChI is InChI=1S/C15H18N2O2S/c1-10-8-20-14(16-10)12-6-4-11(5-7-12)13(19)17-15(2,3)9-18/h4-8,18H,9H2,1-3H3,(H,17,19). The molecule has 0 unspecified atom stereocenters. The second kappa shape index (κ2) is 5.73. The van der Waals surface area contributed by atoms with Crippen molar-refractivity contribution in [2.75, 3.05) is 6.61 Å². The monoisotopic (exact) mass is 290 g/mol. The maximum atomic E-state index is 12.0. The summed E-state index contributed by atoms with van der Waals surface area (Å²) in [5.41, 5.74) is 1.95. The number of aromatic nitrogens is 1. The van der Waals surface area contributed by atoms with Crippen molar-refractivity contribution in [1.29, 1.82) is 0 Å². The summed E-state index contributed by atoms with van der Waals surface area (Å²) in [4.78, 5) is 16.4. The molecular formula is C15H18N2O2S. The number of benzene rings is 1. The second-order valence-electron chi connectivity index (χ2n) is 5.37. The molecule has 0 aliphatic rings. The van der Waals surface area contributed by atoms with Crippen molar-refractivity contribution in [3.63, 3.8) is 0 Å². The molecule has 0 fully saturated rings. The molecule has 106 valence electrons. The van der Waals surface area contributed by atoms with Crippen LogP contribution in [-0.4, -0.2) is 28.1 Å². The Morgan fingerprint density at radius 1 is 1.35 bits per heavy atom. The van der Waals surface area contributed by atoms with E-state index in [0.717, 1.165) is 16.3 Å². The van der Waals surface area contributed by atoms with Gasteiger partial charge in [0, 0.05) is 22.2 Å². The number of hydrogen-bond donors (Lipinski definition) is 2. The highest BCUT2D eigenvalue weighted by atomic mass is 32.1. The number of thiazole rings is 1. The molecule has 0 aliphatic carbocycles. The smallest absolute Gasteiger partial charge is 0.251 e. The summed E-state index contributed by atoms with van der Waals surface area (Å²) >= 11 is 1.59. The van der Waals surface area contributed by atoms with E-state index in [1.807, 2.05) is 24.4 Å². The Hall–Kier alpha value is -1.72. The van der Waals surface area contributed by atoms with Crippen LogP contribution in [0, 0.1) is 6.92 Å².